The molecule has 0 unspecified atom stereocenters. The standard InChI is InChI=1S/C41H84N4O2.C23H49N3O/c1-5-9-11-13-15-17-19-21-23-25-27-29-34-42-40(46)32-38-44(7-3)36-31-37-45(8-4)39-33-41(47)43-35-30-28-26-24-22-20-18-16-14-12-10-6-2;1-4-6-7-8-9-10-11-12-13-14-15-16-20-25-23(27)18-22-26(5-2)21-17-19-24-3/h5-39H2,1-4H3,(H,42,46)(H,43,47);24H,4-22H2,1-3H3,(H,25,27). The SMILES string of the molecule is CCCCCCCCCCCCCCNC(=O)CCN(CC)CCCN(CC)CCC(=O)NCCCCCCCCCCCCCC.CCCCCCCCCCCCCCNC(=O)CCN(CC)CCCNC. The molecule has 0 rings (SSSR count). The van der Waals surface area contributed by atoms with Gasteiger partial charge < -0.3 is 36.0 Å². The smallest absolute Gasteiger partial charge is 0.221 e. The van der Waals surface area contributed by atoms with Gasteiger partial charge in [0.25, 0.3) is 0 Å². The van der Waals surface area contributed by atoms with E-state index in [0.29, 0.717) is 19.3 Å². The fraction of sp³-hybridized carbons (Fsp3) is 0.953. The Morgan fingerprint density at radius 2 is 0.473 bits per heavy atom. The summed E-state index contributed by atoms with van der Waals surface area (Å²) in [5, 5.41) is 12.5. The van der Waals surface area contributed by atoms with Crippen molar-refractivity contribution >= 4 is 17.7 Å². The van der Waals surface area contributed by atoms with Gasteiger partial charge in [0.2, 0.25) is 17.7 Å². The molecule has 0 atom stereocenters. The lowest BCUT2D eigenvalue weighted by Gasteiger charge is -2.24. The Morgan fingerprint density at radius 1 is 0.257 bits per heavy atom. The Bertz CT molecular complexity index is 1070. The first-order chi connectivity index (χ1) is 36.3. The van der Waals surface area contributed by atoms with E-state index in [1.807, 2.05) is 7.05 Å². The van der Waals surface area contributed by atoms with Crippen molar-refractivity contribution in [3.8, 4) is 0 Å². The van der Waals surface area contributed by atoms with Crippen LogP contribution in [0, 0.1) is 0 Å². The van der Waals surface area contributed by atoms with E-state index in [9.17, 15) is 14.4 Å². The molecule has 0 fully saturated rings. The average molecular weight is 1050 g/mol. The van der Waals surface area contributed by atoms with E-state index < -0.39 is 0 Å². The molecule has 0 saturated heterocycles. The number of carbonyl (C=O) groups is 3. The van der Waals surface area contributed by atoms with E-state index in [2.05, 4.69) is 77.5 Å². The van der Waals surface area contributed by atoms with Gasteiger partial charge >= 0.3 is 0 Å². The van der Waals surface area contributed by atoms with Crippen LogP contribution < -0.4 is 21.3 Å². The van der Waals surface area contributed by atoms with Crippen LogP contribution in [0.25, 0.3) is 0 Å². The summed E-state index contributed by atoms with van der Waals surface area (Å²) in [4.78, 5) is 43.8. The number of rotatable bonds is 59. The van der Waals surface area contributed by atoms with Gasteiger partial charge in [-0.2, -0.15) is 0 Å². The summed E-state index contributed by atoms with van der Waals surface area (Å²) in [6, 6.07) is 0. The summed E-state index contributed by atoms with van der Waals surface area (Å²) < 4.78 is 0. The van der Waals surface area contributed by atoms with Crippen molar-refractivity contribution in [1.82, 2.24) is 36.0 Å². The van der Waals surface area contributed by atoms with Crippen LogP contribution in [0.3, 0.4) is 0 Å². The van der Waals surface area contributed by atoms with Crippen molar-refractivity contribution in [3.63, 3.8) is 0 Å². The van der Waals surface area contributed by atoms with Crippen LogP contribution in [-0.4, -0.2) is 125 Å². The van der Waals surface area contributed by atoms with E-state index in [-0.39, 0.29) is 17.7 Å². The molecular weight excluding hydrogens is 915 g/mol. The second-order valence-electron chi connectivity index (χ2n) is 22.1. The molecule has 0 heterocycles. The maximum Gasteiger partial charge on any atom is 0.221 e. The normalized spacial score (nSPS) is 11.4. The van der Waals surface area contributed by atoms with Gasteiger partial charge in [-0.15, -0.1) is 0 Å². The third-order valence-electron chi connectivity index (χ3n) is 15.2. The maximum atomic E-state index is 12.4. The third kappa shape index (κ3) is 59.5. The van der Waals surface area contributed by atoms with Gasteiger partial charge in [0, 0.05) is 58.5 Å². The van der Waals surface area contributed by atoms with Crippen molar-refractivity contribution in [3.05, 3.63) is 0 Å². The molecule has 4 N–H and O–H groups in total. The van der Waals surface area contributed by atoms with Gasteiger partial charge in [0.15, 0.2) is 0 Å². The van der Waals surface area contributed by atoms with Crippen LogP contribution in [-0.2, 0) is 14.4 Å². The van der Waals surface area contributed by atoms with E-state index >= 15 is 0 Å². The average Bonchev–Trinajstić information content (AvgIpc) is 3.41. The van der Waals surface area contributed by atoms with Gasteiger partial charge in [-0.3, -0.25) is 14.4 Å². The highest BCUT2D eigenvalue weighted by Crippen LogP contribution is 2.14. The first-order valence-corrected chi connectivity index (χ1v) is 32.9. The quantitative estimate of drug-likeness (QED) is 0.0449. The summed E-state index contributed by atoms with van der Waals surface area (Å²) in [6.45, 7) is 25.5. The lowest BCUT2D eigenvalue weighted by molar-refractivity contribution is -0.122. The Kier molecular flexibility index (Phi) is 64.1. The summed E-state index contributed by atoms with van der Waals surface area (Å²) >= 11 is 0. The van der Waals surface area contributed by atoms with Gasteiger partial charge in [0.1, 0.15) is 0 Å². The van der Waals surface area contributed by atoms with Crippen molar-refractivity contribution in [1.29, 1.82) is 0 Å². The van der Waals surface area contributed by atoms with Crippen LogP contribution in [0.15, 0.2) is 0 Å². The minimum Gasteiger partial charge on any atom is -0.356 e. The second kappa shape index (κ2) is 63.8. The molecule has 10 nitrogen and oxygen atoms in total. The predicted molar refractivity (Wildman–Crippen MR) is 326 cm³/mol. The molecule has 10 heteroatoms. The molecule has 0 aliphatic rings. The van der Waals surface area contributed by atoms with E-state index in [1.54, 1.807) is 0 Å². The molecule has 0 aromatic heterocycles. The first-order valence-electron chi connectivity index (χ1n) is 32.9. The number of carbonyl (C=O) groups excluding carboxylic acids is 3. The number of nitrogens with zero attached hydrogens (tertiary/aromatic N) is 3. The summed E-state index contributed by atoms with van der Waals surface area (Å²) in [6.07, 6.45) is 52.6. The fourth-order valence-electron chi connectivity index (χ4n) is 9.91. The monoisotopic (exact) mass is 1050 g/mol. The lowest BCUT2D eigenvalue weighted by atomic mass is 10.1. The summed E-state index contributed by atoms with van der Waals surface area (Å²) in [5.41, 5.74) is 0. The van der Waals surface area contributed by atoms with Crippen molar-refractivity contribution in [2.75, 3.05) is 92.1 Å². The zero-order chi connectivity index (χ0) is 54.5. The molecular formula is C64H133N7O3. The van der Waals surface area contributed by atoms with Crippen LogP contribution >= 0.6 is 0 Å². The second-order valence-corrected chi connectivity index (χ2v) is 22.1. The largest absolute Gasteiger partial charge is 0.356 e. The van der Waals surface area contributed by atoms with Crippen molar-refractivity contribution in [2.24, 2.45) is 0 Å². The maximum absolute atomic E-state index is 12.4. The van der Waals surface area contributed by atoms with Crippen LogP contribution in [0.4, 0.5) is 0 Å². The van der Waals surface area contributed by atoms with Gasteiger partial charge in [0.05, 0.1) is 0 Å². The predicted octanol–water partition coefficient (Wildman–Crippen LogP) is 15.6. The highest BCUT2D eigenvalue weighted by atomic mass is 16.2. The van der Waals surface area contributed by atoms with E-state index in [4.69, 9.17) is 0 Å². The highest BCUT2D eigenvalue weighted by molar-refractivity contribution is 5.76. The Labute approximate surface area is 463 Å². The van der Waals surface area contributed by atoms with Crippen LogP contribution in [0.2, 0.25) is 0 Å². The molecule has 0 aromatic rings. The number of hydrogen-bond donors (Lipinski definition) is 4. The molecule has 0 aromatic carbocycles. The Morgan fingerprint density at radius 3 is 0.689 bits per heavy atom. The molecule has 0 aliphatic heterocycles. The molecule has 74 heavy (non-hydrogen) atoms. The molecule has 0 radical (unpaired) electrons. The summed E-state index contributed by atoms with van der Waals surface area (Å²) in [5.74, 6) is 0.595. The topological polar surface area (TPSA) is 109 Å². The summed E-state index contributed by atoms with van der Waals surface area (Å²) in [7, 11) is 1.99. The minimum atomic E-state index is 0.191. The fourth-order valence-corrected chi connectivity index (χ4v) is 9.91. The van der Waals surface area contributed by atoms with Gasteiger partial charge in [-0.1, -0.05) is 253 Å². The molecule has 0 saturated carbocycles. The molecule has 3 amide bonds. The Balaban J connectivity index is 0. The van der Waals surface area contributed by atoms with Crippen molar-refractivity contribution in [2.45, 2.75) is 305 Å². The number of amides is 3. The van der Waals surface area contributed by atoms with Gasteiger partial charge in [-0.05, 0) is 85.0 Å². The van der Waals surface area contributed by atoms with Crippen molar-refractivity contribution < 1.29 is 14.4 Å². The molecule has 0 aliphatic carbocycles. The zero-order valence-corrected chi connectivity index (χ0v) is 51.3. The van der Waals surface area contributed by atoms with Gasteiger partial charge in [-0.25, -0.2) is 0 Å². The lowest BCUT2D eigenvalue weighted by Crippen LogP contribution is -2.35. The molecule has 0 bridgehead atoms. The van der Waals surface area contributed by atoms with E-state index in [0.717, 1.165) is 117 Å². The first kappa shape index (κ1) is 74.3. The van der Waals surface area contributed by atoms with Crippen LogP contribution in [0.1, 0.15) is 305 Å². The van der Waals surface area contributed by atoms with E-state index in [1.165, 1.54) is 212 Å². The Hall–Kier alpha value is -1.75. The minimum absolute atomic E-state index is 0.191. The number of nitrogens with one attached hydrogen (secondary N) is 4. The van der Waals surface area contributed by atoms with Crippen LogP contribution in [0.5, 0.6) is 0 Å². The molecule has 442 valence electrons. The zero-order valence-electron chi connectivity index (χ0n) is 51.3. The number of unbranched alkanes of at least 4 members (excludes halogenated alkanes) is 33. The number of hydrogen-bond acceptors (Lipinski definition) is 7. The molecule has 0 spiro atoms. The highest BCUT2D eigenvalue weighted by Gasteiger charge is 2.11. The third-order valence-corrected chi connectivity index (χ3v) is 15.2.